The van der Waals surface area contributed by atoms with Crippen LogP contribution in [0.3, 0.4) is 0 Å². The molecule has 1 saturated carbocycles. The summed E-state index contributed by atoms with van der Waals surface area (Å²) in [7, 11) is 1.63. The molecule has 3 unspecified atom stereocenters. The van der Waals surface area contributed by atoms with Gasteiger partial charge in [-0.1, -0.05) is 53.5 Å². The minimum Gasteiger partial charge on any atom is -0.380 e. The van der Waals surface area contributed by atoms with Crippen LogP contribution in [-0.2, 0) is 16.1 Å². The van der Waals surface area contributed by atoms with E-state index in [4.69, 9.17) is 27.9 Å². The Morgan fingerprint density at radius 1 is 1.05 bits per heavy atom. The van der Waals surface area contributed by atoms with Gasteiger partial charge in [-0.3, -0.25) is 14.5 Å². The molecule has 210 valence electrons. The number of nitrogens with one attached hydrogen (secondary N) is 2. The largest absolute Gasteiger partial charge is 0.380 e. The van der Waals surface area contributed by atoms with Crippen molar-refractivity contribution in [3.05, 3.63) is 99.3 Å². The Kier molecular flexibility index (Phi) is 9.06. The van der Waals surface area contributed by atoms with Gasteiger partial charge in [0.05, 0.1) is 17.7 Å². The zero-order valence-corrected chi connectivity index (χ0v) is 23.7. The third-order valence-electron chi connectivity index (χ3n) is 7.67. The highest BCUT2D eigenvalue weighted by Gasteiger charge is 2.48. The van der Waals surface area contributed by atoms with Gasteiger partial charge < -0.3 is 15.4 Å². The van der Waals surface area contributed by atoms with E-state index in [1.165, 1.54) is 6.07 Å². The van der Waals surface area contributed by atoms with Gasteiger partial charge in [0.15, 0.2) is 0 Å². The maximum atomic E-state index is 15.3. The molecule has 2 amide bonds. The molecular formula is C31H32Cl2FN3O3. The van der Waals surface area contributed by atoms with E-state index >= 15 is 4.39 Å². The summed E-state index contributed by atoms with van der Waals surface area (Å²) >= 11 is 12.3. The minimum atomic E-state index is -0.650. The van der Waals surface area contributed by atoms with Crippen LogP contribution in [0.1, 0.15) is 46.7 Å². The molecule has 2 N–H and O–H groups in total. The maximum Gasteiger partial charge on any atom is 0.251 e. The van der Waals surface area contributed by atoms with Gasteiger partial charge in [0.25, 0.3) is 5.91 Å². The molecule has 5 rings (SSSR count). The number of ether oxygens (including phenoxy) is 1. The van der Waals surface area contributed by atoms with Crippen LogP contribution >= 0.6 is 23.2 Å². The lowest BCUT2D eigenvalue weighted by Gasteiger charge is -2.31. The molecular weight excluding hydrogens is 552 g/mol. The van der Waals surface area contributed by atoms with Gasteiger partial charge in [-0.2, -0.15) is 0 Å². The first kappa shape index (κ1) is 28.6. The fraction of sp³-hybridized carbons (Fsp3) is 0.355. The smallest absolute Gasteiger partial charge is 0.251 e. The van der Waals surface area contributed by atoms with Crippen molar-refractivity contribution in [2.24, 2.45) is 5.92 Å². The number of hydrogen-bond donors (Lipinski definition) is 2. The summed E-state index contributed by atoms with van der Waals surface area (Å²) in [5, 5.41) is 6.57. The van der Waals surface area contributed by atoms with Gasteiger partial charge >= 0.3 is 0 Å². The molecule has 3 aromatic carbocycles. The lowest BCUT2D eigenvalue weighted by molar-refractivity contribution is -0.121. The number of benzene rings is 3. The number of rotatable bonds is 10. The van der Waals surface area contributed by atoms with E-state index in [-0.39, 0.29) is 22.9 Å². The van der Waals surface area contributed by atoms with Crippen LogP contribution in [0.4, 0.5) is 10.1 Å². The zero-order chi connectivity index (χ0) is 28.2. The van der Waals surface area contributed by atoms with E-state index in [1.807, 2.05) is 12.1 Å². The lowest BCUT2D eigenvalue weighted by Crippen LogP contribution is -2.49. The molecule has 40 heavy (non-hydrogen) atoms. The van der Waals surface area contributed by atoms with Gasteiger partial charge in [0.2, 0.25) is 5.91 Å². The Balaban J connectivity index is 1.40. The number of carbonyl (C=O) groups is 2. The molecule has 0 aromatic heterocycles. The molecule has 0 spiro atoms. The van der Waals surface area contributed by atoms with Crippen molar-refractivity contribution in [2.75, 3.05) is 25.5 Å². The number of amides is 2. The van der Waals surface area contributed by atoms with Crippen molar-refractivity contribution in [1.82, 2.24) is 10.2 Å². The summed E-state index contributed by atoms with van der Waals surface area (Å²) in [6.07, 6.45) is 2.66. The van der Waals surface area contributed by atoms with Crippen LogP contribution in [0.15, 0.2) is 66.7 Å². The predicted octanol–water partition coefficient (Wildman–Crippen LogP) is 6.28. The van der Waals surface area contributed by atoms with Gasteiger partial charge in [0.1, 0.15) is 5.82 Å². The molecule has 0 radical (unpaired) electrons. The second-order valence-corrected chi connectivity index (χ2v) is 11.4. The van der Waals surface area contributed by atoms with Crippen LogP contribution in [0, 0.1) is 11.7 Å². The summed E-state index contributed by atoms with van der Waals surface area (Å²) in [4.78, 5) is 29.0. The fourth-order valence-corrected chi connectivity index (χ4v) is 5.90. The number of nitrogens with zero attached hydrogens (tertiary/aromatic N) is 1. The third kappa shape index (κ3) is 6.66. The van der Waals surface area contributed by atoms with E-state index in [0.717, 1.165) is 18.4 Å². The molecule has 1 aliphatic carbocycles. The quantitative estimate of drug-likeness (QED) is 0.294. The van der Waals surface area contributed by atoms with Crippen LogP contribution < -0.4 is 10.6 Å². The topological polar surface area (TPSA) is 70.7 Å². The number of hydrogen-bond acceptors (Lipinski definition) is 4. The number of carbonyl (C=O) groups excluding carboxylic acids is 2. The Morgan fingerprint density at radius 3 is 2.50 bits per heavy atom. The Hall–Kier alpha value is -2.97. The van der Waals surface area contributed by atoms with Crippen molar-refractivity contribution in [1.29, 1.82) is 0 Å². The number of halogens is 3. The molecule has 1 aliphatic heterocycles. The standard InChI is InChI=1S/C31H32Cl2FN3O3/c1-40-18-20-10-12-21(13-11-20)30(38)35-16-24-15-26(25-6-3-7-27(33)28(25)34)29(37(24)17-19-8-9-19)31(39)36-23-5-2-4-22(32)14-23/h2-7,10-14,19,24,26,29H,8-9,15-18H2,1H3,(H,35,38)(H,36,39). The Labute approximate surface area is 243 Å². The van der Waals surface area contributed by atoms with Gasteiger partial charge in [0, 0.05) is 48.4 Å². The first-order valence-corrected chi connectivity index (χ1v) is 14.2. The molecule has 0 bridgehead atoms. The predicted molar refractivity (Wildman–Crippen MR) is 155 cm³/mol. The highest BCUT2D eigenvalue weighted by atomic mass is 35.5. The van der Waals surface area contributed by atoms with E-state index in [9.17, 15) is 9.59 Å². The SMILES string of the molecule is COCc1ccc(C(=O)NCC2CC(c3cccc(Cl)c3F)C(C(=O)Nc3cccc(Cl)c3)N2CC2CC2)cc1. The number of likely N-dealkylation sites (tertiary alicyclic amines) is 1. The van der Waals surface area contributed by atoms with Crippen molar-refractivity contribution >= 4 is 40.7 Å². The molecule has 3 atom stereocenters. The summed E-state index contributed by atoms with van der Waals surface area (Å²) < 4.78 is 20.5. The molecule has 1 heterocycles. The molecule has 2 aliphatic rings. The number of anilines is 1. The average molecular weight is 585 g/mol. The summed E-state index contributed by atoms with van der Waals surface area (Å²) in [5.74, 6) is -0.938. The monoisotopic (exact) mass is 583 g/mol. The van der Waals surface area contributed by atoms with Gasteiger partial charge in [-0.25, -0.2) is 4.39 Å². The van der Waals surface area contributed by atoms with E-state index in [1.54, 1.807) is 55.6 Å². The van der Waals surface area contributed by atoms with E-state index in [2.05, 4.69) is 15.5 Å². The van der Waals surface area contributed by atoms with Gasteiger partial charge in [-0.05, 0) is 72.7 Å². The minimum absolute atomic E-state index is 0.0221. The molecule has 1 saturated heterocycles. The van der Waals surface area contributed by atoms with Crippen molar-refractivity contribution in [3.8, 4) is 0 Å². The fourth-order valence-electron chi connectivity index (χ4n) is 5.53. The molecule has 9 heteroatoms. The van der Waals surface area contributed by atoms with Crippen LogP contribution in [0.5, 0.6) is 0 Å². The second kappa shape index (κ2) is 12.7. The highest BCUT2D eigenvalue weighted by Crippen LogP contribution is 2.43. The van der Waals surface area contributed by atoms with E-state index < -0.39 is 17.8 Å². The van der Waals surface area contributed by atoms with Crippen molar-refractivity contribution in [3.63, 3.8) is 0 Å². The summed E-state index contributed by atoms with van der Waals surface area (Å²) in [5.41, 5.74) is 2.50. The second-order valence-electron chi connectivity index (χ2n) is 10.6. The third-order valence-corrected chi connectivity index (χ3v) is 8.19. The van der Waals surface area contributed by atoms with Crippen LogP contribution in [0.25, 0.3) is 0 Å². The lowest BCUT2D eigenvalue weighted by atomic mass is 9.89. The van der Waals surface area contributed by atoms with Gasteiger partial charge in [-0.15, -0.1) is 0 Å². The summed E-state index contributed by atoms with van der Waals surface area (Å²) in [6.45, 7) is 1.49. The first-order valence-electron chi connectivity index (χ1n) is 13.5. The van der Waals surface area contributed by atoms with Crippen molar-refractivity contribution < 1.29 is 18.7 Å². The normalized spacial score (nSPS) is 20.9. The van der Waals surface area contributed by atoms with Crippen molar-refractivity contribution in [2.45, 2.75) is 43.9 Å². The molecule has 6 nitrogen and oxygen atoms in total. The highest BCUT2D eigenvalue weighted by molar-refractivity contribution is 6.31. The van der Waals surface area contributed by atoms with Crippen LogP contribution in [0.2, 0.25) is 10.0 Å². The van der Waals surface area contributed by atoms with E-state index in [0.29, 0.717) is 53.9 Å². The Morgan fingerprint density at radius 2 is 1.80 bits per heavy atom. The zero-order valence-electron chi connectivity index (χ0n) is 22.2. The molecule has 3 aromatic rings. The number of methoxy groups -OCH3 is 1. The molecule has 2 fully saturated rings. The Bertz CT molecular complexity index is 1370. The average Bonchev–Trinajstić information content (AvgIpc) is 3.69. The van der Waals surface area contributed by atoms with Crippen LogP contribution in [-0.4, -0.2) is 49.0 Å². The first-order chi connectivity index (χ1) is 19.3. The summed E-state index contributed by atoms with van der Waals surface area (Å²) in [6, 6.07) is 18.3. The maximum absolute atomic E-state index is 15.3.